The first-order chi connectivity index (χ1) is 8.61. The first kappa shape index (κ1) is 13.1. The van der Waals surface area contributed by atoms with Crippen molar-refractivity contribution in [1.82, 2.24) is 10.2 Å². The van der Waals surface area contributed by atoms with Gasteiger partial charge in [-0.25, -0.2) is 0 Å². The summed E-state index contributed by atoms with van der Waals surface area (Å²) in [5, 5.41) is 6.24. The molecule has 4 heteroatoms. The highest BCUT2D eigenvalue weighted by atomic mass is 16.2. The standard InChI is InChI=1S/C14H21N3O/c1-4-10-5-6-12-11(9-10)13(14(18)16-12)15-7-8-17(2)3/h5-6,9,13,15H,4,7-8H2,1-3H3,(H,16,18). The molecule has 1 aromatic rings. The third kappa shape index (κ3) is 2.71. The van der Waals surface area contributed by atoms with Crippen molar-refractivity contribution >= 4 is 11.6 Å². The molecule has 0 fully saturated rings. The Morgan fingerprint density at radius 3 is 2.83 bits per heavy atom. The van der Waals surface area contributed by atoms with Crippen LogP contribution in [0.25, 0.3) is 0 Å². The molecule has 0 saturated heterocycles. The molecule has 1 amide bonds. The van der Waals surface area contributed by atoms with Crippen molar-refractivity contribution in [3.63, 3.8) is 0 Å². The van der Waals surface area contributed by atoms with E-state index in [1.54, 1.807) is 0 Å². The second kappa shape index (κ2) is 5.50. The fourth-order valence-corrected chi connectivity index (χ4v) is 2.17. The normalized spacial score (nSPS) is 18.0. The SMILES string of the molecule is CCc1ccc2c(c1)C(NCCN(C)C)C(=O)N2. The predicted octanol–water partition coefficient (Wildman–Crippen LogP) is 1.39. The lowest BCUT2D eigenvalue weighted by Crippen LogP contribution is -2.33. The highest BCUT2D eigenvalue weighted by Crippen LogP contribution is 2.31. The van der Waals surface area contributed by atoms with Crippen LogP contribution in [0.15, 0.2) is 18.2 Å². The summed E-state index contributed by atoms with van der Waals surface area (Å²) in [6.45, 7) is 3.86. The fourth-order valence-electron chi connectivity index (χ4n) is 2.17. The van der Waals surface area contributed by atoms with E-state index in [2.05, 4.69) is 34.6 Å². The van der Waals surface area contributed by atoms with Crippen LogP contribution >= 0.6 is 0 Å². The van der Waals surface area contributed by atoms with E-state index in [1.807, 2.05) is 20.2 Å². The zero-order valence-corrected chi connectivity index (χ0v) is 11.3. The number of fused-ring (bicyclic) bond motifs is 1. The van der Waals surface area contributed by atoms with Gasteiger partial charge in [0.2, 0.25) is 5.91 Å². The Balaban J connectivity index is 2.10. The average Bonchev–Trinajstić information content (AvgIpc) is 2.64. The van der Waals surface area contributed by atoms with Gasteiger partial charge in [-0.05, 0) is 32.1 Å². The zero-order chi connectivity index (χ0) is 13.1. The van der Waals surface area contributed by atoms with Gasteiger partial charge in [-0.3, -0.25) is 4.79 Å². The molecule has 1 unspecified atom stereocenters. The highest BCUT2D eigenvalue weighted by molar-refractivity contribution is 6.02. The summed E-state index contributed by atoms with van der Waals surface area (Å²) in [5.41, 5.74) is 3.29. The van der Waals surface area contributed by atoms with E-state index in [0.29, 0.717) is 0 Å². The molecule has 98 valence electrons. The molecule has 4 nitrogen and oxygen atoms in total. The number of carbonyl (C=O) groups excluding carboxylic acids is 1. The number of amides is 1. The maximum atomic E-state index is 11.9. The van der Waals surface area contributed by atoms with Crippen LogP contribution in [-0.2, 0) is 11.2 Å². The van der Waals surface area contributed by atoms with Gasteiger partial charge in [0.25, 0.3) is 0 Å². The summed E-state index contributed by atoms with van der Waals surface area (Å²) < 4.78 is 0. The van der Waals surface area contributed by atoms with E-state index in [-0.39, 0.29) is 11.9 Å². The van der Waals surface area contributed by atoms with Gasteiger partial charge < -0.3 is 15.5 Å². The van der Waals surface area contributed by atoms with E-state index < -0.39 is 0 Å². The summed E-state index contributed by atoms with van der Waals surface area (Å²) in [5.74, 6) is 0.0528. The number of nitrogens with zero attached hydrogens (tertiary/aromatic N) is 1. The molecule has 2 rings (SSSR count). The molecule has 0 spiro atoms. The lowest BCUT2D eigenvalue weighted by atomic mass is 10.0. The minimum absolute atomic E-state index is 0.0528. The van der Waals surface area contributed by atoms with E-state index in [1.165, 1.54) is 5.56 Å². The molecular weight excluding hydrogens is 226 g/mol. The second-order valence-corrected chi connectivity index (χ2v) is 4.95. The molecule has 18 heavy (non-hydrogen) atoms. The number of carbonyl (C=O) groups is 1. The molecule has 2 N–H and O–H groups in total. The molecule has 1 atom stereocenters. The quantitative estimate of drug-likeness (QED) is 0.826. The Bertz CT molecular complexity index is 443. The number of benzene rings is 1. The molecule has 1 aromatic carbocycles. The van der Waals surface area contributed by atoms with Gasteiger partial charge in [0.05, 0.1) is 0 Å². The first-order valence-electron chi connectivity index (χ1n) is 6.43. The van der Waals surface area contributed by atoms with Gasteiger partial charge in [-0.15, -0.1) is 0 Å². The lowest BCUT2D eigenvalue weighted by molar-refractivity contribution is -0.117. The zero-order valence-electron chi connectivity index (χ0n) is 11.3. The van der Waals surface area contributed by atoms with Crippen LogP contribution in [0, 0.1) is 0 Å². The Kier molecular flexibility index (Phi) is 3.99. The Morgan fingerprint density at radius 2 is 2.17 bits per heavy atom. The Labute approximate surface area is 108 Å². The Hall–Kier alpha value is -1.39. The summed E-state index contributed by atoms with van der Waals surface area (Å²) >= 11 is 0. The van der Waals surface area contributed by atoms with Gasteiger partial charge in [0.1, 0.15) is 6.04 Å². The number of rotatable bonds is 5. The van der Waals surface area contributed by atoms with E-state index >= 15 is 0 Å². The van der Waals surface area contributed by atoms with Gasteiger partial charge in [0.15, 0.2) is 0 Å². The monoisotopic (exact) mass is 247 g/mol. The third-order valence-electron chi connectivity index (χ3n) is 3.26. The van der Waals surface area contributed by atoms with Crippen molar-refractivity contribution in [2.45, 2.75) is 19.4 Å². The van der Waals surface area contributed by atoms with Gasteiger partial charge in [-0.2, -0.15) is 0 Å². The van der Waals surface area contributed by atoms with Crippen molar-refractivity contribution in [3.05, 3.63) is 29.3 Å². The van der Waals surface area contributed by atoms with E-state index in [4.69, 9.17) is 0 Å². The number of nitrogens with one attached hydrogen (secondary N) is 2. The number of likely N-dealkylation sites (N-methyl/N-ethyl adjacent to an activating group) is 1. The van der Waals surface area contributed by atoms with Crippen LogP contribution in [0.5, 0.6) is 0 Å². The van der Waals surface area contributed by atoms with Crippen LogP contribution in [0.4, 0.5) is 5.69 Å². The molecule has 0 radical (unpaired) electrons. The average molecular weight is 247 g/mol. The lowest BCUT2D eigenvalue weighted by Gasteiger charge is -2.14. The maximum Gasteiger partial charge on any atom is 0.246 e. The number of aryl methyl sites for hydroxylation is 1. The maximum absolute atomic E-state index is 11.9. The molecule has 1 aliphatic rings. The third-order valence-corrected chi connectivity index (χ3v) is 3.26. The van der Waals surface area contributed by atoms with Gasteiger partial charge >= 0.3 is 0 Å². The van der Waals surface area contributed by atoms with Gasteiger partial charge in [0, 0.05) is 24.3 Å². The van der Waals surface area contributed by atoms with Crippen molar-refractivity contribution in [3.8, 4) is 0 Å². The molecular formula is C14H21N3O. The molecule has 1 heterocycles. The van der Waals surface area contributed by atoms with Crippen molar-refractivity contribution < 1.29 is 4.79 Å². The smallest absolute Gasteiger partial charge is 0.246 e. The van der Waals surface area contributed by atoms with Gasteiger partial charge in [-0.1, -0.05) is 19.1 Å². The number of hydrogen-bond donors (Lipinski definition) is 2. The summed E-state index contributed by atoms with van der Waals surface area (Å²) in [7, 11) is 4.05. The highest BCUT2D eigenvalue weighted by Gasteiger charge is 2.29. The fraction of sp³-hybridized carbons (Fsp3) is 0.500. The topological polar surface area (TPSA) is 44.4 Å². The molecule has 0 saturated carbocycles. The van der Waals surface area contributed by atoms with Crippen molar-refractivity contribution in [1.29, 1.82) is 0 Å². The largest absolute Gasteiger partial charge is 0.324 e. The molecule has 0 bridgehead atoms. The number of anilines is 1. The van der Waals surface area contributed by atoms with E-state index in [9.17, 15) is 4.79 Å². The van der Waals surface area contributed by atoms with Crippen LogP contribution in [0.2, 0.25) is 0 Å². The van der Waals surface area contributed by atoms with Crippen LogP contribution in [0.3, 0.4) is 0 Å². The Morgan fingerprint density at radius 1 is 1.39 bits per heavy atom. The first-order valence-corrected chi connectivity index (χ1v) is 6.43. The minimum atomic E-state index is -0.202. The molecule has 1 aliphatic heterocycles. The summed E-state index contributed by atoms with van der Waals surface area (Å²) in [6, 6.07) is 5.99. The molecule has 0 aromatic heterocycles. The van der Waals surface area contributed by atoms with E-state index in [0.717, 1.165) is 30.8 Å². The molecule has 0 aliphatic carbocycles. The van der Waals surface area contributed by atoms with Crippen molar-refractivity contribution in [2.75, 3.05) is 32.5 Å². The summed E-state index contributed by atoms with van der Waals surface area (Å²) in [4.78, 5) is 14.0. The van der Waals surface area contributed by atoms with Crippen LogP contribution in [0.1, 0.15) is 24.1 Å². The van der Waals surface area contributed by atoms with Crippen LogP contribution in [-0.4, -0.2) is 38.0 Å². The second-order valence-electron chi connectivity index (χ2n) is 4.95. The minimum Gasteiger partial charge on any atom is -0.324 e. The van der Waals surface area contributed by atoms with Crippen LogP contribution < -0.4 is 10.6 Å². The number of hydrogen-bond acceptors (Lipinski definition) is 3. The predicted molar refractivity (Wildman–Crippen MR) is 73.7 cm³/mol. The summed E-state index contributed by atoms with van der Waals surface area (Å²) in [6.07, 6.45) is 0.992. The van der Waals surface area contributed by atoms with Crippen molar-refractivity contribution in [2.24, 2.45) is 0 Å².